The van der Waals surface area contributed by atoms with Crippen LogP contribution in [-0.2, 0) is 11.2 Å². The number of rotatable bonds is 10. The van der Waals surface area contributed by atoms with Crippen LogP contribution in [0.5, 0.6) is 0 Å². The molecule has 0 spiro atoms. The van der Waals surface area contributed by atoms with Gasteiger partial charge in [-0.15, -0.1) is 0 Å². The van der Waals surface area contributed by atoms with E-state index in [0.717, 1.165) is 59.7 Å². The highest BCUT2D eigenvalue weighted by Crippen LogP contribution is 2.38. The second kappa shape index (κ2) is 12.2. The maximum Gasteiger partial charge on any atom is 0.257 e. The number of nitrogens with zero attached hydrogens (tertiary/aromatic N) is 3. The van der Waals surface area contributed by atoms with Gasteiger partial charge < -0.3 is 25.4 Å². The van der Waals surface area contributed by atoms with Crippen LogP contribution in [-0.4, -0.2) is 65.8 Å². The zero-order valence-corrected chi connectivity index (χ0v) is 23.3. The van der Waals surface area contributed by atoms with Crippen molar-refractivity contribution in [2.45, 2.75) is 25.2 Å². The molecule has 5 rings (SSSR count). The molecule has 0 bridgehead atoms. The largest absolute Gasteiger partial charge is 0.356 e. The smallest absolute Gasteiger partial charge is 0.257 e. The number of hydrogen-bond acceptors (Lipinski definition) is 5. The van der Waals surface area contributed by atoms with E-state index in [9.17, 15) is 9.59 Å². The van der Waals surface area contributed by atoms with Crippen molar-refractivity contribution in [2.75, 3.05) is 44.9 Å². The Morgan fingerprint density at radius 3 is 2.52 bits per heavy atom. The van der Waals surface area contributed by atoms with Crippen molar-refractivity contribution in [3.8, 4) is 11.3 Å². The number of pyridine rings is 1. The maximum atomic E-state index is 13.5. The number of H-pyrrole nitrogens is 1. The zero-order valence-electron chi connectivity index (χ0n) is 23.3. The fraction of sp³-hybridized carbons (Fsp3) is 0.281. The van der Waals surface area contributed by atoms with Crippen LogP contribution in [0, 0.1) is 0 Å². The average Bonchev–Trinajstić information content (AvgIpc) is 3.33. The van der Waals surface area contributed by atoms with Crippen molar-refractivity contribution in [1.29, 1.82) is 0 Å². The molecule has 0 aliphatic carbocycles. The summed E-state index contributed by atoms with van der Waals surface area (Å²) < 4.78 is 0. The first kappa shape index (κ1) is 27.1. The number of anilines is 3. The molecule has 8 nitrogen and oxygen atoms in total. The molecular formula is C32H36N6O2. The van der Waals surface area contributed by atoms with Crippen LogP contribution in [0.3, 0.4) is 0 Å². The lowest BCUT2D eigenvalue weighted by Crippen LogP contribution is -2.34. The average molecular weight is 537 g/mol. The van der Waals surface area contributed by atoms with E-state index in [2.05, 4.69) is 25.5 Å². The summed E-state index contributed by atoms with van der Waals surface area (Å²) in [5, 5.41) is 6.53. The molecule has 40 heavy (non-hydrogen) atoms. The summed E-state index contributed by atoms with van der Waals surface area (Å²) in [5.41, 5.74) is 5.79. The number of amides is 2. The van der Waals surface area contributed by atoms with Gasteiger partial charge in [0.05, 0.1) is 22.9 Å². The van der Waals surface area contributed by atoms with Gasteiger partial charge in [-0.05, 0) is 63.3 Å². The SMILES string of the molecule is CN(C)CCC[C@@H](C(=O)Nc1cc(-c2[nH]c3c(c2Nc2ccccc2)C(=O)N(C)CC3)ccn1)c1ccccc1. The van der Waals surface area contributed by atoms with Crippen LogP contribution in [0.1, 0.15) is 40.4 Å². The summed E-state index contributed by atoms with van der Waals surface area (Å²) in [4.78, 5) is 38.6. The molecule has 8 heteroatoms. The number of para-hydroxylation sites is 1. The molecule has 206 valence electrons. The third kappa shape index (κ3) is 6.07. The van der Waals surface area contributed by atoms with Crippen LogP contribution in [0.2, 0.25) is 0 Å². The Balaban J connectivity index is 1.45. The fourth-order valence-electron chi connectivity index (χ4n) is 5.17. The third-order valence-corrected chi connectivity index (χ3v) is 7.30. The topological polar surface area (TPSA) is 93.4 Å². The molecule has 1 aliphatic rings. The highest BCUT2D eigenvalue weighted by molar-refractivity contribution is 6.06. The maximum absolute atomic E-state index is 13.5. The van der Waals surface area contributed by atoms with Crippen molar-refractivity contribution >= 4 is 29.0 Å². The number of aromatic nitrogens is 2. The molecule has 0 unspecified atom stereocenters. The number of hydrogen-bond donors (Lipinski definition) is 3. The predicted octanol–water partition coefficient (Wildman–Crippen LogP) is 5.51. The van der Waals surface area contributed by atoms with Crippen molar-refractivity contribution < 1.29 is 9.59 Å². The van der Waals surface area contributed by atoms with E-state index in [1.165, 1.54) is 0 Å². The summed E-state index contributed by atoms with van der Waals surface area (Å²) >= 11 is 0. The number of nitrogens with one attached hydrogen (secondary N) is 3. The summed E-state index contributed by atoms with van der Waals surface area (Å²) in [6.07, 6.45) is 4.06. The number of carbonyl (C=O) groups excluding carboxylic acids is 2. The molecule has 2 amide bonds. The number of fused-ring (bicyclic) bond motifs is 1. The van der Waals surface area contributed by atoms with E-state index in [0.29, 0.717) is 17.9 Å². The van der Waals surface area contributed by atoms with Gasteiger partial charge in [0.2, 0.25) is 5.91 Å². The van der Waals surface area contributed by atoms with E-state index in [1.807, 2.05) is 93.9 Å². The van der Waals surface area contributed by atoms with Gasteiger partial charge in [-0.3, -0.25) is 9.59 Å². The Bertz CT molecular complexity index is 1470. The molecule has 3 heterocycles. The Hall–Kier alpha value is -4.43. The minimum atomic E-state index is -0.284. The van der Waals surface area contributed by atoms with Crippen molar-refractivity contribution in [2.24, 2.45) is 0 Å². The van der Waals surface area contributed by atoms with Gasteiger partial charge in [0.25, 0.3) is 5.91 Å². The lowest BCUT2D eigenvalue weighted by molar-refractivity contribution is -0.117. The molecule has 0 saturated heterocycles. The van der Waals surface area contributed by atoms with Crippen LogP contribution in [0.15, 0.2) is 79.0 Å². The highest BCUT2D eigenvalue weighted by Gasteiger charge is 2.30. The number of benzene rings is 2. The molecule has 0 radical (unpaired) electrons. The van der Waals surface area contributed by atoms with E-state index in [4.69, 9.17) is 0 Å². The standard InChI is InChI=1S/C32H36N6O2/c1-37(2)19-10-15-25(22-11-6-4-7-12-22)31(39)36-27-21-23(16-18-33-27)29-30(34-24-13-8-5-9-14-24)28-26(35-29)17-20-38(3)32(28)40/h4-9,11-14,16,18,21,25,34-35H,10,15,17,19-20H2,1-3H3,(H,33,36,39)/t25-/m1/s1. The first-order chi connectivity index (χ1) is 19.4. The van der Waals surface area contributed by atoms with E-state index in [-0.39, 0.29) is 17.7 Å². The number of aromatic amines is 1. The first-order valence-electron chi connectivity index (χ1n) is 13.7. The van der Waals surface area contributed by atoms with Gasteiger partial charge in [0.15, 0.2) is 0 Å². The van der Waals surface area contributed by atoms with Crippen LogP contribution < -0.4 is 10.6 Å². The summed E-state index contributed by atoms with van der Waals surface area (Å²) in [5.74, 6) is 0.0820. The van der Waals surface area contributed by atoms with Gasteiger partial charge in [-0.1, -0.05) is 48.5 Å². The van der Waals surface area contributed by atoms with Gasteiger partial charge in [0.1, 0.15) is 5.82 Å². The molecule has 0 fully saturated rings. The molecular weight excluding hydrogens is 500 g/mol. The molecule has 3 N–H and O–H groups in total. The summed E-state index contributed by atoms with van der Waals surface area (Å²) in [6, 6.07) is 23.5. The number of carbonyl (C=O) groups is 2. The van der Waals surface area contributed by atoms with Gasteiger partial charge in [-0.2, -0.15) is 0 Å². The summed E-state index contributed by atoms with van der Waals surface area (Å²) in [6.45, 7) is 1.57. The minimum absolute atomic E-state index is 0.0202. The Morgan fingerprint density at radius 2 is 1.80 bits per heavy atom. The Labute approximate surface area is 235 Å². The third-order valence-electron chi connectivity index (χ3n) is 7.30. The van der Waals surface area contributed by atoms with Gasteiger partial charge >= 0.3 is 0 Å². The van der Waals surface area contributed by atoms with Crippen molar-refractivity contribution in [3.05, 3.63) is 95.8 Å². The Kier molecular flexibility index (Phi) is 8.26. The monoisotopic (exact) mass is 536 g/mol. The van der Waals surface area contributed by atoms with Crippen LogP contribution >= 0.6 is 0 Å². The molecule has 2 aromatic carbocycles. The van der Waals surface area contributed by atoms with Crippen molar-refractivity contribution in [1.82, 2.24) is 19.8 Å². The van der Waals surface area contributed by atoms with Crippen molar-refractivity contribution in [3.63, 3.8) is 0 Å². The Morgan fingerprint density at radius 1 is 1.07 bits per heavy atom. The fourth-order valence-corrected chi connectivity index (χ4v) is 5.17. The predicted molar refractivity (Wildman–Crippen MR) is 160 cm³/mol. The van der Waals surface area contributed by atoms with Crippen LogP contribution in [0.4, 0.5) is 17.2 Å². The second-order valence-corrected chi connectivity index (χ2v) is 10.5. The van der Waals surface area contributed by atoms with E-state index in [1.54, 1.807) is 11.1 Å². The zero-order chi connectivity index (χ0) is 28.1. The lowest BCUT2D eigenvalue weighted by atomic mass is 9.93. The lowest BCUT2D eigenvalue weighted by Gasteiger charge is -2.23. The molecule has 1 atom stereocenters. The highest BCUT2D eigenvalue weighted by atomic mass is 16.2. The van der Waals surface area contributed by atoms with Gasteiger partial charge in [0, 0.05) is 43.2 Å². The van der Waals surface area contributed by atoms with E-state index >= 15 is 0 Å². The normalized spacial score (nSPS) is 13.7. The quantitative estimate of drug-likeness (QED) is 0.248. The van der Waals surface area contributed by atoms with Crippen LogP contribution in [0.25, 0.3) is 11.3 Å². The van der Waals surface area contributed by atoms with E-state index < -0.39 is 0 Å². The molecule has 2 aromatic heterocycles. The number of likely N-dealkylation sites (N-methyl/N-ethyl adjacent to an activating group) is 1. The second-order valence-electron chi connectivity index (χ2n) is 10.5. The molecule has 0 saturated carbocycles. The summed E-state index contributed by atoms with van der Waals surface area (Å²) in [7, 11) is 5.90. The van der Waals surface area contributed by atoms with Gasteiger partial charge in [-0.25, -0.2) is 4.98 Å². The first-order valence-corrected chi connectivity index (χ1v) is 13.7. The molecule has 1 aliphatic heterocycles. The minimum Gasteiger partial charge on any atom is -0.356 e. The molecule has 4 aromatic rings.